The molecule has 3 aromatic carbocycles. The van der Waals surface area contributed by atoms with Crippen molar-refractivity contribution < 1.29 is 22.7 Å². The topological polar surface area (TPSA) is 75.0 Å². The Morgan fingerprint density at radius 1 is 1.03 bits per heavy atom. The molecule has 4 rings (SSSR count). The molecule has 0 aliphatic heterocycles. The summed E-state index contributed by atoms with van der Waals surface area (Å²) in [5, 5.41) is 13.6. The van der Waals surface area contributed by atoms with Crippen molar-refractivity contribution >= 4 is 35.0 Å². The van der Waals surface area contributed by atoms with Gasteiger partial charge in [0.1, 0.15) is 16.8 Å². The number of amides is 1. The van der Waals surface area contributed by atoms with Crippen LogP contribution in [0.1, 0.15) is 11.1 Å². The number of anilines is 1. The first kappa shape index (κ1) is 27.0. The third-order valence-electron chi connectivity index (χ3n) is 5.31. The minimum atomic E-state index is -4.80. The van der Waals surface area contributed by atoms with E-state index < -0.39 is 18.0 Å². The quantitative estimate of drug-likeness (QED) is 0.236. The van der Waals surface area contributed by atoms with Gasteiger partial charge in [-0.05, 0) is 55.0 Å². The lowest BCUT2D eigenvalue weighted by Gasteiger charge is -2.13. The molecule has 10 heteroatoms. The molecule has 5 nitrogen and oxygen atoms in total. The number of thioether (sulfide) groups is 1. The van der Waals surface area contributed by atoms with Gasteiger partial charge in [-0.1, -0.05) is 65.3 Å². The normalized spacial score (nSPS) is 11.1. The van der Waals surface area contributed by atoms with E-state index in [9.17, 15) is 23.2 Å². The summed E-state index contributed by atoms with van der Waals surface area (Å²) in [6, 6.07) is 23.7. The van der Waals surface area contributed by atoms with Gasteiger partial charge in [0.05, 0.1) is 17.0 Å². The van der Waals surface area contributed by atoms with E-state index in [0.29, 0.717) is 32.6 Å². The molecule has 1 aromatic heterocycles. The monoisotopic (exact) mass is 553 g/mol. The van der Waals surface area contributed by atoms with Crippen molar-refractivity contribution in [2.24, 2.45) is 0 Å². The number of nitriles is 1. The first-order valence-corrected chi connectivity index (χ1v) is 12.5. The summed E-state index contributed by atoms with van der Waals surface area (Å²) >= 11 is 7.13. The minimum Gasteiger partial charge on any atom is -0.406 e. The van der Waals surface area contributed by atoms with E-state index in [1.54, 1.807) is 12.1 Å². The van der Waals surface area contributed by atoms with Crippen molar-refractivity contribution in [2.75, 3.05) is 11.1 Å². The number of ether oxygens (including phenoxy) is 1. The van der Waals surface area contributed by atoms with Crippen molar-refractivity contribution in [3.63, 3.8) is 0 Å². The molecule has 0 aliphatic rings. The predicted octanol–water partition coefficient (Wildman–Crippen LogP) is 7.88. The van der Waals surface area contributed by atoms with Crippen LogP contribution < -0.4 is 10.1 Å². The fourth-order valence-corrected chi connectivity index (χ4v) is 4.46. The van der Waals surface area contributed by atoms with E-state index in [-0.39, 0.29) is 5.75 Å². The number of benzene rings is 3. The van der Waals surface area contributed by atoms with Gasteiger partial charge in [-0.15, -0.1) is 13.2 Å². The highest BCUT2D eigenvalue weighted by atomic mass is 35.5. The molecule has 0 radical (unpaired) electrons. The molecule has 0 unspecified atom stereocenters. The average Bonchev–Trinajstić information content (AvgIpc) is 2.88. The zero-order valence-electron chi connectivity index (χ0n) is 19.8. The highest BCUT2D eigenvalue weighted by Crippen LogP contribution is 2.35. The summed E-state index contributed by atoms with van der Waals surface area (Å²) in [6.45, 7) is 1.97. The molecule has 1 amide bonds. The number of pyridine rings is 1. The Labute approximate surface area is 226 Å². The molecule has 0 atom stereocenters. The first-order chi connectivity index (χ1) is 18.1. The van der Waals surface area contributed by atoms with E-state index >= 15 is 0 Å². The van der Waals surface area contributed by atoms with Gasteiger partial charge >= 0.3 is 6.36 Å². The van der Waals surface area contributed by atoms with E-state index in [0.717, 1.165) is 40.6 Å². The molecular formula is C28H19ClF3N3O2S. The standard InChI is InChI=1S/C28H19ClF3N3O2S/c1-17-2-4-18(5-3-17)23-14-25(19-6-8-20(29)9-7-19)35-27(24(23)15-33)38-16-26(36)34-21-10-12-22(13-11-21)37-28(30,31)32/h2-14H,16H2,1H3,(H,34,36). The lowest BCUT2D eigenvalue weighted by Crippen LogP contribution is -2.17. The van der Waals surface area contributed by atoms with Crippen LogP contribution in [-0.4, -0.2) is 23.0 Å². The Bertz CT molecular complexity index is 1490. The van der Waals surface area contributed by atoms with E-state index in [1.165, 1.54) is 12.1 Å². The molecule has 0 bridgehead atoms. The molecule has 0 spiro atoms. The second-order valence-corrected chi connectivity index (χ2v) is 9.53. The largest absolute Gasteiger partial charge is 0.573 e. The molecule has 192 valence electrons. The maximum atomic E-state index is 12.6. The Kier molecular flexibility index (Phi) is 8.25. The Morgan fingerprint density at radius 3 is 2.26 bits per heavy atom. The number of nitrogens with zero attached hydrogens (tertiary/aromatic N) is 2. The maximum Gasteiger partial charge on any atom is 0.573 e. The summed E-state index contributed by atoms with van der Waals surface area (Å²) in [5.74, 6) is -0.894. The minimum absolute atomic E-state index is 0.0834. The van der Waals surface area contributed by atoms with Gasteiger partial charge in [0, 0.05) is 21.8 Å². The van der Waals surface area contributed by atoms with Crippen molar-refractivity contribution in [1.29, 1.82) is 5.26 Å². The third-order valence-corrected chi connectivity index (χ3v) is 6.54. The molecule has 1 N–H and O–H groups in total. The number of halogens is 4. The average molecular weight is 554 g/mol. The van der Waals surface area contributed by atoms with Gasteiger partial charge < -0.3 is 10.1 Å². The number of hydrogen-bond donors (Lipinski definition) is 1. The number of carbonyl (C=O) groups is 1. The molecule has 0 saturated heterocycles. The summed E-state index contributed by atoms with van der Waals surface area (Å²) < 4.78 is 40.9. The highest BCUT2D eigenvalue weighted by Gasteiger charge is 2.31. The third kappa shape index (κ3) is 7.06. The van der Waals surface area contributed by atoms with Crippen LogP contribution in [0, 0.1) is 18.3 Å². The summed E-state index contributed by atoms with van der Waals surface area (Å²) in [6.07, 6.45) is -4.80. The van der Waals surface area contributed by atoms with Crippen molar-refractivity contribution in [3.05, 3.63) is 95.0 Å². The second-order valence-electron chi connectivity index (χ2n) is 8.13. The zero-order valence-corrected chi connectivity index (χ0v) is 21.4. The van der Waals surface area contributed by atoms with Gasteiger partial charge in [0.15, 0.2) is 0 Å². The summed E-state index contributed by atoms with van der Waals surface area (Å²) in [4.78, 5) is 17.3. The maximum absolute atomic E-state index is 12.6. The van der Waals surface area contributed by atoms with Gasteiger partial charge in [0.2, 0.25) is 5.91 Å². The lowest BCUT2D eigenvalue weighted by molar-refractivity contribution is -0.274. The SMILES string of the molecule is Cc1ccc(-c2cc(-c3ccc(Cl)cc3)nc(SCC(=O)Nc3ccc(OC(F)(F)F)cc3)c2C#N)cc1. The van der Waals surface area contributed by atoms with E-state index in [1.807, 2.05) is 49.4 Å². The fraction of sp³-hybridized carbons (Fsp3) is 0.107. The fourth-order valence-electron chi connectivity index (χ4n) is 3.53. The van der Waals surface area contributed by atoms with Crippen LogP contribution in [0.3, 0.4) is 0 Å². The van der Waals surface area contributed by atoms with Crippen molar-refractivity contribution in [1.82, 2.24) is 4.98 Å². The van der Waals surface area contributed by atoms with Crippen LogP contribution >= 0.6 is 23.4 Å². The van der Waals surface area contributed by atoms with Gasteiger partial charge in [-0.25, -0.2) is 4.98 Å². The van der Waals surface area contributed by atoms with Gasteiger partial charge in [0.25, 0.3) is 0 Å². The second kappa shape index (κ2) is 11.6. The number of aryl methyl sites for hydroxylation is 1. The van der Waals surface area contributed by atoms with Crippen LogP contribution in [-0.2, 0) is 4.79 Å². The number of rotatable bonds is 7. The molecule has 0 saturated carbocycles. The van der Waals surface area contributed by atoms with Crippen LogP contribution in [0.15, 0.2) is 83.9 Å². The highest BCUT2D eigenvalue weighted by molar-refractivity contribution is 8.00. The smallest absolute Gasteiger partial charge is 0.406 e. The Balaban J connectivity index is 1.59. The molecule has 4 aromatic rings. The molecule has 38 heavy (non-hydrogen) atoms. The summed E-state index contributed by atoms with van der Waals surface area (Å²) in [7, 11) is 0. The van der Waals surface area contributed by atoms with Crippen LogP contribution in [0.5, 0.6) is 5.75 Å². The molecule has 0 fully saturated rings. The van der Waals surface area contributed by atoms with Crippen molar-refractivity contribution in [3.8, 4) is 34.2 Å². The number of alkyl halides is 3. The number of nitrogens with one attached hydrogen (secondary N) is 1. The van der Waals surface area contributed by atoms with Crippen LogP contribution in [0.2, 0.25) is 5.02 Å². The molecule has 1 heterocycles. The number of aromatic nitrogens is 1. The van der Waals surface area contributed by atoms with E-state index in [2.05, 4.69) is 21.1 Å². The van der Waals surface area contributed by atoms with Crippen LogP contribution in [0.25, 0.3) is 22.4 Å². The molecular weight excluding hydrogens is 535 g/mol. The van der Waals surface area contributed by atoms with Gasteiger partial charge in [-0.2, -0.15) is 5.26 Å². The predicted molar refractivity (Wildman–Crippen MR) is 142 cm³/mol. The van der Waals surface area contributed by atoms with E-state index in [4.69, 9.17) is 11.6 Å². The first-order valence-electron chi connectivity index (χ1n) is 11.2. The van der Waals surface area contributed by atoms with Gasteiger partial charge in [-0.3, -0.25) is 4.79 Å². The number of hydrogen-bond acceptors (Lipinski definition) is 5. The molecule has 0 aliphatic carbocycles. The summed E-state index contributed by atoms with van der Waals surface area (Å²) in [5.41, 5.74) is 4.61. The Morgan fingerprint density at radius 2 is 1.66 bits per heavy atom. The van der Waals surface area contributed by atoms with Crippen LogP contribution in [0.4, 0.5) is 18.9 Å². The number of carbonyl (C=O) groups excluding carboxylic acids is 1. The lowest BCUT2D eigenvalue weighted by atomic mass is 9.98. The Hall–Kier alpha value is -4.00. The van der Waals surface area contributed by atoms with Crippen molar-refractivity contribution in [2.45, 2.75) is 18.3 Å². The zero-order chi connectivity index (χ0) is 27.3.